The molecule has 58 heavy (non-hydrogen) atoms. The fourth-order valence-corrected chi connectivity index (χ4v) is 9.66. The largest absolute Gasteiger partial charge is 0.455 e. The minimum atomic E-state index is -0.712. The topological polar surface area (TPSA) is 21.3 Å². The minimum absolute atomic E-state index is 0.102. The van der Waals surface area contributed by atoms with Crippen LogP contribution in [0.25, 0.3) is 60.6 Å². The zero-order valence-corrected chi connectivity index (χ0v) is 31.2. The fraction of sp³-hybridized carbons (Fsp3) is 0.0182. The van der Waals surface area contributed by atoms with Gasteiger partial charge in [0.05, 0.1) is 34.4 Å². The van der Waals surface area contributed by atoms with Gasteiger partial charge in [-0.05, 0) is 82.4 Å². The molecular weight excluding hydrogens is 705 g/mol. The van der Waals surface area contributed by atoms with Gasteiger partial charge in [-0.3, -0.25) is 0 Å². The second-order valence-electron chi connectivity index (χ2n) is 14.8. The SMILES string of the molecule is [2H]c1c([2H])c([2H])c(-n2c3ccccc3c3ccc(N(c4ccccc4)c4cc5c(c6oc7ccccc7c46)-c4ccccc4C5(c4ccccc4)c4ccccc4)cc32)c([2H])c1[2H]. The zero-order chi connectivity index (χ0) is 42.6. The molecule has 0 radical (unpaired) electrons. The second-order valence-corrected chi connectivity index (χ2v) is 14.8. The maximum absolute atomic E-state index is 9.11. The molecule has 1 aliphatic carbocycles. The van der Waals surface area contributed by atoms with E-state index < -0.39 is 11.5 Å². The van der Waals surface area contributed by atoms with Crippen LogP contribution in [0.4, 0.5) is 17.1 Å². The highest BCUT2D eigenvalue weighted by Gasteiger charge is 2.48. The van der Waals surface area contributed by atoms with Gasteiger partial charge >= 0.3 is 0 Å². The van der Waals surface area contributed by atoms with Crippen LogP contribution in [0, 0.1) is 0 Å². The minimum Gasteiger partial charge on any atom is -0.455 e. The number of nitrogens with zero attached hydrogens (tertiary/aromatic N) is 2. The summed E-state index contributed by atoms with van der Waals surface area (Å²) in [6.07, 6.45) is 0. The summed E-state index contributed by atoms with van der Waals surface area (Å²) >= 11 is 0. The first-order chi connectivity index (χ1) is 30.9. The van der Waals surface area contributed by atoms with E-state index in [4.69, 9.17) is 11.3 Å². The van der Waals surface area contributed by atoms with Gasteiger partial charge in [0.1, 0.15) is 11.2 Å². The van der Waals surface area contributed by atoms with Gasteiger partial charge in [-0.25, -0.2) is 0 Å². The molecule has 0 saturated heterocycles. The van der Waals surface area contributed by atoms with Crippen LogP contribution in [-0.4, -0.2) is 4.57 Å². The van der Waals surface area contributed by atoms with E-state index in [0.29, 0.717) is 5.52 Å². The monoisotopic (exact) mass is 745 g/mol. The molecule has 0 unspecified atom stereocenters. The number of fused-ring (bicyclic) bond motifs is 10. The third-order valence-corrected chi connectivity index (χ3v) is 11.9. The molecule has 3 nitrogen and oxygen atoms in total. The van der Waals surface area contributed by atoms with Crippen molar-refractivity contribution < 1.29 is 11.3 Å². The number of hydrogen-bond acceptors (Lipinski definition) is 2. The summed E-state index contributed by atoms with van der Waals surface area (Å²) in [5.41, 5.74) is 11.8. The molecule has 11 aromatic rings. The lowest BCUT2D eigenvalue weighted by Crippen LogP contribution is -2.28. The number of rotatable bonds is 6. The molecule has 2 aromatic heterocycles. The quantitative estimate of drug-likeness (QED) is 0.169. The van der Waals surface area contributed by atoms with Crippen LogP contribution in [0.1, 0.15) is 29.1 Å². The molecule has 272 valence electrons. The summed E-state index contributed by atoms with van der Waals surface area (Å²) in [5, 5.41) is 3.75. The number of furan rings is 1. The van der Waals surface area contributed by atoms with Crippen LogP contribution < -0.4 is 4.90 Å². The van der Waals surface area contributed by atoms with Crippen molar-refractivity contribution in [3.8, 4) is 16.8 Å². The van der Waals surface area contributed by atoms with Gasteiger partial charge in [-0.2, -0.15) is 0 Å². The smallest absolute Gasteiger partial charge is 0.145 e. The van der Waals surface area contributed by atoms with Crippen molar-refractivity contribution in [1.29, 1.82) is 0 Å². The van der Waals surface area contributed by atoms with Gasteiger partial charge in [0.2, 0.25) is 0 Å². The Morgan fingerprint density at radius 2 is 1.12 bits per heavy atom. The molecule has 3 heteroatoms. The number of hydrogen-bond donors (Lipinski definition) is 0. The average molecular weight is 746 g/mol. The molecule has 0 aliphatic heterocycles. The van der Waals surface area contributed by atoms with E-state index in [0.717, 1.165) is 83.1 Å². The van der Waals surface area contributed by atoms with Crippen molar-refractivity contribution in [3.63, 3.8) is 0 Å². The number of anilines is 3. The zero-order valence-electron chi connectivity index (χ0n) is 36.2. The Labute approximate surface area is 343 Å². The van der Waals surface area contributed by atoms with E-state index in [1.807, 2.05) is 59.2 Å². The molecule has 0 bridgehead atoms. The highest BCUT2D eigenvalue weighted by atomic mass is 16.3. The third kappa shape index (κ3) is 4.56. The van der Waals surface area contributed by atoms with Gasteiger partial charge in [0, 0.05) is 38.8 Å². The Kier molecular flexibility index (Phi) is 6.11. The van der Waals surface area contributed by atoms with E-state index in [1.54, 1.807) is 0 Å². The van der Waals surface area contributed by atoms with Gasteiger partial charge < -0.3 is 13.9 Å². The molecule has 1 aliphatic rings. The molecule has 12 rings (SSSR count). The second kappa shape index (κ2) is 12.7. The van der Waals surface area contributed by atoms with E-state index >= 15 is 0 Å². The molecule has 0 amide bonds. The number of benzene rings is 9. The third-order valence-electron chi connectivity index (χ3n) is 11.9. The maximum Gasteiger partial charge on any atom is 0.145 e. The van der Waals surface area contributed by atoms with Crippen LogP contribution in [0.3, 0.4) is 0 Å². The molecule has 2 heterocycles. The Bertz CT molecular complexity index is 3570. The van der Waals surface area contributed by atoms with E-state index in [9.17, 15) is 0 Å². The lowest BCUT2D eigenvalue weighted by Gasteiger charge is -2.35. The van der Waals surface area contributed by atoms with Crippen LogP contribution >= 0.6 is 0 Å². The summed E-state index contributed by atoms with van der Waals surface area (Å²) in [6, 6.07) is 63.5. The average Bonchev–Trinajstić information content (AvgIpc) is 3.98. The lowest BCUT2D eigenvalue weighted by atomic mass is 9.67. The van der Waals surface area contributed by atoms with Crippen molar-refractivity contribution in [2.24, 2.45) is 0 Å². The highest BCUT2D eigenvalue weighted by molar-refractivity contribution is 6.19. The predicted octanol–water partition coefficient (Wildman–Crippen LogP) is 14.5. The van der Waals surface area contributed by atoms with E-state index in [-0.39, 0.29) is 29.9 Å². The molecule has 0 spiro atoms. The summed E-state index contributed by atoms with van der Waals surface area (Å²) < 4.78 is 52.8. The molecule has 0 N–H and O–H groups in total. The highest BCUT2D eigenvalue weighted by Crippen LogP contribution is 2.60. The van der Waals surface area contributed by atoms with Gasteiger partial charge in [-0.1, -0.05) is 164 Å². The summed E-state index contributed by atoms with van der Waals surface area (Å²) in [7, 11) is 0. The van der Waals surface area contributed by atoms with Crippen molar-refractivity contribution in [2.75, 3.05) is 4.90 Å². The molecule has 0 saturated carbocycles. The maximum atomic E-state index is 9.11. The van der Waals surface area contributed by atoms with Crippen molar-refractivity contribution in [3.05, 3.63) is 241 Å². The summed E-state index contributed by atoms with van der Waals surface area (Å²) in [4.78, 5) is 2.28. The normalized spacial score (nSPS) is 14.2. The molecule has 0 fully saturated rings. The molecular formula is C55H36N2O. The Morgan fingerprint density at radius 1 is 0.500 bits per heavy atom. The Balaban J connectivity index is 1.24. The standard InChI is InChI=1S/C55H36N2O/c1-5-19-37(20-6-1)55(38-21-7-2-8-22-38)46-30-16-13-28-44(46)52-47(55)36-50(53-45-29-15-18-32-51(45)58-54(52)53)56(39-23-9-3-10-24-39)41-33-34-43-42-27-14-17-31-48(42)57(49(43)35-41)40-25-11-4-12-26-40/h1-36H/i4D,11D,12D,25D,26D. The summed E-state index contributed by atoms with van der Waals surface area (Å²) in [5.74, 6) is 0. The Hall–Kier alpha value is -7.62. The molecule has 0 atom stereocenters. The first kappa shape index (κ1) is 27.9. The molecule has 9 aromatic carbocycles. The summed E-state index contributed by atoms with van der Waals surface area (Å²) in [6.45, 7) is 0. The lowest BCUT2D eigenvalue weighted by molar-refractivity contribution is 0.669. The predicted molar refractivity (Wildman–Crippen MR) is 240 cm³/mol. The van der Waals surface area contributed by atoms with Crippen molar-refractivity contribution in [2.45, 2.75) is 5.41 Å². The van der Waals surface area contributed by atoms with E-state index in [1.165, 1.54) is 5.56 Å². The van der Waals surface area contributed by atoms with Crippen LogP contribution in [0.15, 0.2) is 223 Å². The number of aromatic nitrogens is 1. The van der Waals surface area contributed by atoms with Crippen molar-refractivity contribution >= 4 is 60.8 Å². The van der Waals surface area contributed by atoms with Crippen molar-refractivity contribution in [1.82, 2.24) is 4.57 Å². The van der Waals surface area contributed by atoms with E-state index in [2.05, 4.69) is 138 Å². The first-order valence-corrected chi connectivity index (χ1v) is 19.5. The van der Waals surface area contributed by atoms with Gasteiger partial charge in [0.15, 0.2) is 0 Å². The van der Waals surface area contributed by atoms with Gasteiger partial charge in [0.25, 0.3) is 0 Å². The fourth-order valence-electron chi connectivity index (χ4n) is 9.66. The number of para-hydroxylation sites is 4. The van der Waals surface area contributed by atoms with Crippen LogP contribution in [-0.2, 0) is 5.41 Å². The Morgan fingerprint density at radius 3 is 1.88 bits per heavy atom. The first-order valence-electron chi connectivity index (χ1n) is 22.0. The van der Waals surface area contributed by atoms with Crippen LogP contribution in [0.2, 0.25) is 0 Å². The van der Waals surface area contributed by atoms with Crippen LogP contribution in [0.5, 0.6) is 0 Å². The van der Waals surface area contributed by atoms with Gasteiger partial charge in [-0.15, -0.1) is 0 Å².